The average molecular weight is 962 g/mol. The van der Waals surface area contributed by atoms with Gasteiger partial charge < -0.3 is 14.4 Å². The Kier molecular flexibility index (Phi) is 12.9. The van der Waals surface area contributed by atoms with Crippen molar-refractivity contribution in [3.8, 4) is 39.1 Å². The second-order valence-corrected chi connectivity index (χ2v) is 19.1. The number of anilines is 4. The molecule has 0 aliphatic carbocycles. The van der Waals surface area contributed by atoms with Crippen molar-refractivity contribution in [2.75, 3.05) is 22.9 Å². The second-order valence-electron chi connectivity index (χ2n) is 19.1. The summed E-state index contributed by atoms with van der Waals surface area (Å²) < 4.78 is 2.43. The molecule has 0 saturated carbocycles. The third kappa shape index (κ3) is 9.59. The highest BCUT2D eigenvalue weighted by atomic mass is 15.1. The van der Waals surface area contributed by atoms with Crippen LogP contribution in [0, 0.1) is 0 Å². The normalized spacial score (nSPS) is 14.4. The van der Waals surface area contributed by atoms with Gasteiger partial charge in [-0.2, -0.15) is 0 Å². The Bertz CT molecular complexity index is 3920. The first-order valence-corrected chi connectivity index (χ1v) is 25.7. The lowest BCUT2D eigenvalue weighted by Gasteiger charge is -2.28. The van der Waals surface area contributed by atoms with E-state index in [2.05, 4.69) is 307 Å². The number of allylic oxidation sites excluding steroid dienone is 7. The summed E-state index contributed by atoms with van der Waals surface area (Å²) in [4.78, 5) is 4.79. The summed E-state index contributed by atoms with van der Waals surface area (Å²) in [7, 11) is 0. The van der Waals surface area contributed by atoms with Crippen molar-refractivity contribution >= 4 is 60.9 Å². The topological polar surface area (TPSA) is 11.4 Å². The van der Waals surface area contributed by atoms with Gasteiger partial charge in [0.15, 0.2) is 0 Å². The van der Waals surface area contributed by atoms with E-state index in [1.807, 2.05) is 6.08 Å². The van der Waals surface area contributed by atoms with Gasteiger partial charge in [-0.05, 0) is 151 Å². The van der Waals surface area contributed by atoms with Crippen LogP contribution in [0.25, 0.3) is 77.2 Å². The molecule has 1 aromatic heterocycles. The van der Waals surface area contributed by atoms with Crippen molar-refractivity contribution in [3.05, 3.63) is 315 Å². The van der Waals surface area contributed by atoms with E-state index in [9.17, 15) is 0 Å². The van der Waals surface area contributed by atoms with Crippen molar-refractivity contribution in [1.29, 1.82) is 0 Å². The number of aromatic nitrogens is 1. The molecule has 1 aliphatic rings. The van der Waals surface area contributed by atoms with E-state index < -0.39 is 0 Å². The van der Waals surface area contributed by atoms with Crippen LogP contribution in [0.2, 0.25) is 0 Å². The lowest BCUT2D eigenvalue weighted by molar-refractivity contribution is 0.930. The second kappa shape index (κ2) is 20.8. The summed E-state index contributed by atoms with van der Waals surface area (Å²) in [6.07, 6.45) is 14.9. The molecule has 11 aromatic rings. The molecule has 3 heteroatoms. The zero-order valence-corrected chi connectivity index (χ0v) is 41.8. The number of nitrogens with zero attached hydrogens (tertiary/aromatic N) is 3. The van der Waals surface area contributed by atoms with E-state index in [1.165, 1.54) is 38.2 Å². The molecule has 0 atom stereocenters. The molecular weight excluding hydrogens is 907 g/mol. The van der Waals surface area contributed by atoms with Gasteiger partial charge in [-0.25, -0.2) is 0 Å². The van der Waals surface area contributed by atoms with Crippen molar-refractivity contribution in [1.82, 2.24) is 4.57 Å². The quantitative estimate of drug-likeness (QED) is 0.120. The summed E-state index contributed by atoms with van der Waals surface area (Å²) in [5.41, 5.74) is 18.8. The highest BCUT2D eigenvalue weighted by molar-refractivity contribution is 6.10. The Labute approximate surface area is 440 Å². The maximum atomic E-state index is 4.64. The average Bonchev–Trinajstić information content (AvgIpc) is 3.89. The molecule has 10 aromatic carbocycles. The summed E-state index contributed by atoms with van der Waals surface area (Å²) in [6.45, 7) is 10.4. The first-order chi connectivity index (χ1) is 37.0. The van der Waals surface area contributed by atoms with E-state index in [-0.39, 0.29) is 0 Å². The summed E-state index contributed by atoms with van der Waals surface area (Å²) in [6, 6.07) is 87.9. The van der Waals surface area contributed by atoms with Gasteiger partial charge in [-0.1, -0.05) is 213 Å². The number of rotatable bonds is 11. The van der Waals surface area contributed by atoms with Gasteiger partial charge >= 0.3 is 0 Å². The van der Waals surface area contributed by atoms with E-state index in [4.69, 9.17) is 0 Å². The molecule has 0 radical (unpaired) electrons. The molecule has 0 saturated heterocycles. The fourth-order valence-corrected chi connectivity index (χ4v) is 10.6. The van der Waals surface area contributed by atoms with E-state index in [1.54, 1.807) is 0 Å². The van der Waals surface area contributed by atoms with Crippen LogP contribution in [0.4, 0.5) is 22.7 Å². The predicted octanol–water partition coefficient (Wildman–Crippen LogP) is 19.1. The summed E-state index contributed by atoms with van der Waals surface area (Å²) in [5.74, 6) is 0. The van der Waals surface area contributed by atoms with Gasteiger partial charge in [0.2, 0.25) is 0 Å². The maximum absolute atomic E-state index is 4.64. The number of benzene rings is 10. The Morgan fingerprint density at radius 1 is 0.453 bits per heavy atom. The largest absolute Gasteiger partial charge is 0.363 e. The fraction of sp³-hybridized carbons (Fsp3) is 0.0278. The number of fused-ring (bicyclic) bond motifs is 4. The highest BCUT2D eigenvalue weighted by Crippen LogP contribution is 2.42. The molecule has 0 unspecified atom stereocenters. The van der Waals surface area contributed by atoms with Gasteiger partial charge in [-0.15, -0.1) is 0 Å². The molecule has 75 heavy (non-hydrogen) atoms. The molecule has 0 fully saturated rings. The highest BCUT2D eigenvalue weighted by Gasteiger charge is 2.20. The number of hydrogen-bond donors (Lipinski definition) is 0. The van der Waals surface area contributed by atoms with E-state index in [0.29, 0.717) is 6.54 Å². The van der Waals surface area contributed by atoms with E-state index in [0.717, 1.165) is 85.0 Å². The zero-order chi connectivity index (χ0) is 50.5. The third-order valence-electron chi connectivity index (χ3n) is 14.4. The first-order valence-electron chi connectivity index (χ1n) is 25.7. The fourth-order valence-electron chi connectivity index (χ4n) is 10.6. The molecule has 358 valence electrons. The summed E-state index contributed by atoms with van der Waals surface area (Å²) in [5, 5.41) is 4.86. The molecule has 1 aliphatic heterocycles. The smallest absolute Gasteiger partial charge is 0.0547 e. The maximum Gasteiger partial charge on any atom is 0.0547 e. The molecule has 12 rings (SSSR count). The molecule has 0 bridgehead atoms. The van der Waals surface area contributed by atoms with Gasteiger partial charge in [-0.3, -0.25) is 0 Å². The van der Waals surface area contributed by atoms with Crippen LogP contribution in [0.3, 0.4) is 0 Å². The van der Waals surface area contributed by atoms with Crippen LogP contribution in [-0.2, 0) is 0 Å². The van der Waals surface area contributed by atoms with Crippen LogP contribution >= 0.6 is 0 Å². The summed E-state index contributed by atoms with van der Waals surface area (Å²) >= 11 is 0. The lowest BCUT2D eigenvalue weighted by atomic mass is 9.93. The molecule has 2 heterocycles. The minimum atomic E-state index is 0.669. The zero-order valence-electron chi connectivity index (χ0n) is 41.8. The third-order valence-corrected chi connectivity index (χ3v) is 14.4. The van der Waals surface area contributed by atoms with Crippen LogP contribution in [0.1, 0.15) is 5.56 Å². The van der Waals surface area contributed by atoms with Crippen molar-refractivity contribution < 1.29 is 0 Å². The van der Waals surface area contributed by atoms with Gasteiger partial charge in [0.05, 0.1) is 11.0 Å². The molecule has 0 spiro atoms. The standard InChI is InChI=1S/C72H55N3/c1-3-20-58(45-63-51-73(64-28-13-6-14-29-64)44-19-7-8-21-52(63)2)61-46-62(60-37-43-70-69-30-17-18-31-71(69)75(72(70)50-60)67-42-36-55-26-15-16-27-59(55)47-67)49-68(48-61)74(65-38-32-56(33-39-65)53-22-9-4-10-23-53)66-40-34-57(35-41-66)54-24-11-5-12-25-54/h3-43,45-50H,1-2,44,51H2/b19-7-,21-8-,58-20+,63-45+. The van der Waals surface area contributed by atoms with Crippen LogP contribution < -0.4 is 9.80 Å². The Morgan fingerprint density at radius 2 is 1.05 bits per heavy atom. The molecule has 0 amide bonds. The Morgan fingerprint density at radius 3 is 1.75 bits per heavy atom. The monoisotopic (exact) mass is 961 g/mol. The first kappa shape index (κ1) is 46.4. The number of hydrogen-bond acceptors (Lipinski definition) is 2. The predicted molar refractivity (Wildman–Crippen MR) is 322 cm³/mol. The SMILES string of the molecule is C=C/C=C(\C=C1/CN(c2ccccc2)C/C=C\C=C/C1=C)c1cc(-c2ccc3c4ccccc4n(-c4ccc5ccccc5c4)c3c2)cc(N(c2ccc(-c3ccccc3)cc2)c2ccc(-c3ccccc3)cc2)c1. The van der Waals surface area contributed by atoms with Crippen molar-refractivity contribution in [2.45, 2.75) is 0 Å². The van der Waals surface area contributed by atoms with Crippen molar-refractivity contribution in [2.24, 2.45) is 0 Å². The van der Waals surface area contributed by atoms with Crippen molar-refractivity contribution in [3.63, 3.8) is 0 Å². The van der Waals surface area contributed by atoms with Crippen LogP contribution in [0.15, 0.2) is 309 Å². The minimum absolute atomic E-state index is 0.669. The van der Waals surface area contributed by atoms with Crippen LogP contribution in [-0.4, -0.2) is 17.7 Å². The van der Waals surface area contributed by atoms with E-state index >= 15 is 0 Å². The van der Waals surface area contributed by atoms with Gasteiger partial charge in [0.25, 0.3) is 0 Å². The molecule has 0 N–H and O–H groups in total. The molecular formula is C72H55N3. The van der Waals surface area contributed by atoms with Crippen LogP contribution in [0.5, 0.6) is 0 Å². The van der Waals surface area contributed by atoms with Gasteiger partial charge in [0, 0.05) is 52.3 Å². The number of para-hydroxylation sites is 2. The molecule has 3 nitrogen and oxygen atoms in total. The van der Waals surface area contributed by atoms with Gasteiger partial charge in [0.1, 0.15) is 0 Å². The lowest BCUT2D eigenvalue weighted by Crippen LogP contribution is -2.26. The Hall–Kier alpha value is -9.70. The Balaban J connectivity index is 1.07. The minimum Gasteiger partial charge on any atom is -0.363 e.